The van der Waals surface area contributed by atoms with Crippen LogP contribution in [0.5, 0.6) is 5.75 Å². The number of pyridine rings is 1. The molecule has 118 valence electrons. The zero-order valence-corrected chi connectivity index (χ0v) is 12.6. The number of nitrogens with one attached hydrogen (secondary N) is 2. The van der Waals surface area contributed by atoms with Gasteiger partial charge in [0.25, 0.3) is 0 Å². The maximum Gasteiger partial charge on any atom is 0.139 e. The van der Waals surface area contributed by atoms with Crippen molar-refractivity contribution in [3.05, 3.63) is 72.7 Å². The van der Waals surface area contributed by atoms with Gasteiger partial charge in [-0.15, -0.1) is 0 Å². The van der Waals surface area contributed by atoms with E-state index in [-0.39, 0.29) is 11.6 Å². The predicted octanol–water partition coefficient (Wildman–Crippen LogP) is 4.82. The third-order valence-corrected chi connectivity index (χ3v) is 3.79. The molecule has 0 atom stereocenters. The number of aromatic hydroxyl groups is 1. The number of aromatic nitrogens is 2. The van der Waals surface area contributed by atoms with E-state index in [1.54, 1.807) is 30.5 Å². The molecule has 2 aromatic heterocycles. The average Bonchev–Trinajstić information content (AvgIpc) is 3.00. The Morgan fingerprint density at radius 3 is 2.71 bits per heavy atom. The smallest absolute Gasteiger partial charge is 0.139 e. The zero-order valence-electron chi connectivity index (χ0n) is 12.6. The van der Waals surface area contributed by atoms with Gasteiger partial charge in [0.2, 0.25) is 0 Å². The molecule has 0 aliphatic rings. The SMILES string of the molecule is Oc1cccc(Nc2nccc3[nH]c(-c4cccc(F)c4)cc23)c1. The predicted molar refractivity (Wildman–Crippen MR) is 92.9 cm³/mol. The zero-order chi connectivity index (χ0) is 16.5. The Balaban J connectivity index is 1.77. The van der Waals surface area contributed by atoms with Gasteiger partial charge in [-0.1, -0.05) is 18.2 Å². The molecule has 0 aliphatic carbocycles. The van der Waals surface area contributed by atoms with E-state index < -0.39 is 0 Å². The molecule has 0 spiro atoms. The number of anilines is 2. The van der Waals surface area contributed by atoms with Gasteiger partial charge in [-0.2, -0.15) is 0 Å². The Morgan fingerprint density at radius 2 is 1.88 bits per heavy atom. The van der Waals surface area contributed by atoms with Crippen molar-refractivity contribution >= 4 is 22.4 Å². The first-order valence-electron chi connectivity index (χ1n) is 7.49. The van der Waals surface area contributed by atoms with Crippen LogP contribution in [0.25, 0.3) is 22.2 Å². The minimum absolute atomic E-state index is 0.182. The highest BCUT2D eigenvalue weighted by atomic mass is 19.1. The summed E-state index contributed by atoms with van der Waals surface area (Å²) in [6.45, 7) is 0. The summed E-state index contributed by atoms with van der Waals surface area (Å²) in [5.74, 6) is 0.570. The normalized spacial score (nSPS) is 10.9. The van der Waals surface area contributed by atoms with E-state index in [4.69, 9.17) is 0 Å². The minimum Gasteiger partial charge on any atom is -0.508 e. The van der Waals surface area contributed by atoms with Crippen molar-refractivity contribution < 1.29 is 9.50 Å². The maximum absolute atomic E-state index is 13.5. The molecular formula is C19H14FN3O. The molecule has 2 heterocycles. The standard InChI is InChI=1S/C19H14FN3O/c20-13-4-1-3-12(9-13)18-11-16-17(23-18)7-8-21-19(16)22-14-5-2-6-15(24)10-14/h1-11,23-24H,(H,21,22). The molecule has 24 heavy (non-hydrogen) atoms. The van der Waals surface area contributed by atoms with Crippen LogP contribution in [0.4, 0.5) is 15.9 Å². The van der Waals surface area contributed by atoms with Gasteiger partial charge in [-0.25, -0.2) is 9.37 Å². The van der Waals surface area contributed by atoms with Crippen LogP contribution in [0.1, 0.15) is 0 Å². The molecule has 4 nitrogen and oxygen atoms in total. The Kier molecular flexibility index (Phi) is 3.39. The second kappa shape index (κ2) is 5.70. The van der Waals surface area contributed by atoms with E-state index in [0.717, 1.165) is 27.8 Å². The highest BCUT2D eigenvalue weighted by Crippen LogP contribution is 2.30. The number of aromatic amines is 1. The van der Waals surface area contributed by atoms with Gasteiger partial charge in [0.1, 0.15) is 17.4 Å². The number of hydrogen-bond acceptors (Lipinski definition) is 3. The Labute approximate surface area is 137 Å². The number of phenols is 1. The summed E-state index contributed by atoms with van der Waals surface area (Å²) in [4.78, 5) is 7.65. The summed E-state index contributed by atoms with van der Waals surface area (Å²) >= 11 is 0. The molecular weight excluding hydrogens is 305 g/mol. The number of benzene rings is 2. The molecule has 0 bridgehead atoms. The fourth-order valence-corrected chi connectivity index (χ4v) is 2.69. The lowest BCUT2D eigenvalue weighted by Gasteiger charge is -2.06. The molecule has 2 aromatic carbocycles. The lowest BCUT2D eigenvalue weighted by Crippen LogP contribution is -1.93. The summed E-state index contributed by atoms with van der Waals surface area (Å²) < 4.78 is 13.5. The summed E-state index contributed by atoms with van der Waals surface area (Å²) in [6, 6.07) is 17.1. The topological polar surface area (TPSA) is 60.9 Å². The molecule has 0 fully saturated rings. The number of halogens is 1. The fourth-order valence-electron chi connectivity index (χ4n) is 2.69. The molecule has 0 radical (unpaired) electrons. The first-order valence-corrected chi connectivity index (χ1v) is 7.49. The molecule has 0 saturated carbocycles. The second-order valence-corrected chi connectivity index (χ2v) is 5.49. The summed E-state index contributed by atoms with van der Waals surface area (Å²) in [6.07, 6.45) is 1.69. The molecule has 0 saturated heterocycles. The quantitative estimate of drug-likeness (QED) is 0.507. The van der Waals surface area contributed by atoms with Crippen molar-refractivity contribution in [3.8, 4) is 17.0 Å². The van der Waals surface area contributed by atoms with Crippen molar-refractivity contribution in [1.29, 1.82) is 0 Å². The van der Waals surface area contributed by atoms with Crippen molar-refractivity contribution in [2.75, 3.05) is 5.32 Å². The molecule has 4 aromatic rings. The molecule has 0 amide bonds. The third kappa shape index (κ3) is 2.67. The molecule has 4 rings (SSSR count). The Bertz CT molecular complexity index is 1030. The fraction of sp³-hybridized carbons (Fsp3) is 0. The third-order valence-electron chi connectivity index (χ3n) is 3.79. The van der Waals surface area contributed by atoms with E-state index in [2.05, 4.69) is 15.3 Å². The minimum atomic E-state index is -0.276. The highest BCUT2D eigenvalue weighted by molar-refractivity contribution is 5.95. The first-order chi connectivity index (χ1) is 11.7. The van der Waals surface area contributed by atoms with Gasteiger partial charge in [-0.05, 0) is 36.4 Å². The van der Waals surface area contributed by atoms with E-state index in [9.17, 15) is 9.50 Å². The van der Waals surface area contributed by atoms with Crippen molar-refractivity contribution in [3.63, 3.8) is 0 Å². The Morgan fingerprint density at radius 1 is 1.00 bits per heavy atom. The number of H-pyrrole nitrogens is 1. The lowest BCUT2D eigenvalue weighted by molar-refractivity contribution is 0.475. The van der Waals surface area contributed by atoms with Crippen molar-refractivity contribution in [2.45, 2.75) is 0 Å². The number of nitrogens with zero attached hydrogens (tertiary/aromatic N) is 1. The van der Waals surface area contributed by atoms with Gasteiger partial charge < -0.3 is 15.4 Å². The summed E-state index contributed by atoms with van der Waals surface area (Å²) in [5, 5.41) is 13.7. The van der Waals surface area contributed by atoms with Crippen LogP contribution in [0.3, 0.4) is 0 Å². The highest BCUT2D eigenvalue weighted by Gasteiger charge is 2.09. The number of rotatable bonds is 3. The van der Waals surface area contributed by atoms with E-state index in [1.165, 1.54) is 12.1 Å². The van der Waals surface area contributed by atoms with Crippen LogP contribution in [0.2, 0.25) is 0 Å². The van der Waals surface area contributed by atoms with E-state index in [0.29, 0.717) is 5.82 Å². The number of phenolic OH excluding ortho intramolecular Hbond substituents is 1. The number of hydrogen-bond donors (Lipinski definition) is 3. The van der Waals surface area contributed by atoms with Gasteiger partial charge in [0.05, 0.1) is 5.52 Å². The van der Waals surface area contributed by atoms with Crippen LogP contribution in [0, 0.1) is 5.82 Å². The van der Waals surface area contributed by atoms with Crippen LogP contribution in [-0.2, 0) is 0 Å². The van der Waals surface area contributed by atoms with Gasteiger partial charge in [0.15, 0.2) is 0 Å². The molecule has 5 heteroatoms. The van der Waals surface area contributed by atoms with E-state index in [1.807, 2.05) is 24.3 Å². The molecule has 0 aliphatic heterocycles. The molecule has 3 N–H and O–H groups in total. The van der Waals surface area contributed by atoms with Gasteiger partial charge >= 0.3 is 0 Å². The van der Waals surface area contributed by atoms with Crippen LogP contribution in [-0.4, -0.2) is 15.1 Å². The van der Waals surface area contributed by atoms with E-state index >= 15 is 0 Å². The summed E-state index contributed by atoms with van der Waals surface area (Å²) in [7, 11) is 0. The number of fused-ring (bicyclic) bond motifs is 1. The van der Waals surface area contributed by atoms with Crippen LogP contribution >= 0.6 is 0 Å². The summed E-state index contributed by atoms with van der Waals surface area (Å²) in [5.41, 5.74) is 3.22. The average molecular weight is 319 g/mol. The largest absolute Gasteiger partial charge is 0.508 e. The Hall–Kier alpha value is -3.34. The van der Waals surface area contributed by atoms with Gasteiger partial charge in [-0.3, -0.25) is 0 Å². The van der Waals surface area contributed by atoms with Crippen molar-refractivity contribution in [1.82, 2.24) is 9.97 Å². The monoisotopic (exact) mass is 319 g/mol. The van der Waals surface area contributed by atoms with Crippen LogP contribution in [0.15, 0.2) is 66.9 Å². The maximum atomic E-state index is 13.5. The molecule has 0 unspecified atom stereocenters. The second-order valence-electron chi connectivity index (χ2n) is 5.49. The first kappa shape index (κ1) is 14.3. The van der Waals surface area contributed by atoms with Crippen LogP contribution < -0.4 is 5.32 Å². The van der Waals surface area contributed by atoms with Crippen molar-refractivity contribution in [2.24, 2.45) is 0 Å². The van der Waals surface area contributed by atoms with Gasteiger partial charge in [0, 0.05) is 34.6 Å². The lowest BCUT2D eigenvalue weighted by atomic mass is 10.1.